The summed E-state index contributed by atoms with van der Waals surface area (Å²) in [4.78, 5) is 24.3. The van der Waals surface area contributed by atoms with Crippen molar-refractivity contribution in [3.8, 4) is 0 Å². The maximum absolute atomic E-state index is 12.3. The van der Waals surface area contributed by atoms with E-state index in [9.17, 15) is 82.0 Å². The number of hydrogen-bond acceptors (Lipinski definition) is 25. The zero-order valence-corrected chi connectivity index (χ0v) is 32.3. The molecule has 0 bridgehead atoms. The standard InChI is InChI=1S/C28H48N2O27S2/c1-7(33)29-13-18(38)22(55-27-20(40)19(39)15(35)11(53-27)5-49-58(43,44)45)10(4-32)52-26(13)57-24-17(37)12(6-50-59(46,47)48)54-28(21(24)41)56-23-14(30-8(2)34)25(42)51-9(3-31)16(23)36/h9-28,31-32,35-42H,3-6H2,1-2H3,(H,29,33)(H,30,34)(H,43,44,45)(H,46,47,48)/t9-,10-,11-,12-,13-,14-,15+,16+,17+,18-,19+,20-,21-,22-,23-,24+,25?,26+,27+,28+/m1/s1. The SMILES string of the molecule is CC(=O)N[C@H]1[C@H](O[C@H]2[C@@H](O)[C@@H](COS(=O)(=O)O)O[C@@H](O[C@H]3[C@@H](O)[C@@H](CO)OC(O)[C@@H]3NC(C)=O)[C@@H]2O)O[C@H](CO)[C@@H](O[C@@H]2O[C@H](COS(=O)(=O)O)[C@H](O)[C@H](O)[C@H]2O)[C@@H]1O. The Labute approximate surface area is 334 Å². The molecule has 0 aliphatic carbocycles. The van der Waals surface area contributed by atoms with Crippen molar-refractivity contribution in [2.45, 2.75) is 137 Å². The summed E-state index contributed by atoms with van der Waals surface area (Å²) in [5.74, 6) is -1.69. The Kier molecular flexibility index (Phi) is 17.2. The van der Waals surface area contributed by atoms with E-state index in [2.05, 4.69) is 19.0 Å². The molecule has 59 heavy (non-hydrogen) atoms. The molecule has 4 heterocycles. The molecular weight excluding hydrogens is 860 g/mol. The third-order valence-corrected chi connectivity index (χ3v) is 10.3. The Balaban J connectivity index is 1.64. The average molecular weight is 909 g/mol. The Morgan fingerprint density at radius 3 is 1.46 bits per heavy atom. The van der Waals surface area contributed by atoms with Crippen molar-refractivity contribution in [1.29, 1.82) is 0 Å². The van der Waals surface area contributed by atoms with Gasteiger partial charge in [0, 0.05) is 13.8 Å². The molecule has 31 heteroatoms. The van der Waals surface area contributed by atoms with Gasteiger partial charge in [0.2, 0.25) is 11.8 Å². The van der Waals surface area contributed by atoms with Gasteiger partial charge in [-0.15, -0.1) is 0 Å². The van der Waals surface area contributed by atoms with Crippen LogP contribution in [0.4, 0.5) is 0 Å². The van der Waals surface area contributed by atoms with Gasteiger partial charge in [-0.1, -0.05) is 0 Å². The predicted molar refractivity (Wildman–Crippen MR) is 178 cm³/mol. The molecule has 0 spiro atoms. The molecule has 20 atom stereocenters. The fourth-order valence-electron chi connectivity index (χ4n) is 6.62. The number of ether oxygens (including phenoxy) is 7. The van der Waals surface area contributed by atoms with E-state index in [-0.39, 0.29) is 0 Å². The van der Waals surface area contributed by atoms with Gasteiger partial charge in [0.05, 0.1) is 26.4 Å². The molecule has 0 aromatic heterocycles. The quantitative estimate of drug-likeness (QED) is 0.0639. The monoisotopic (exact) mass is 908 g/mol. The molecule has 4 aliphatic rings. The van der Waals surface area contributed by atoms with Crippen molar-refractivity contribution in [3.63, 3.8) is 0 Å². The third kappa shape index (κ3) is 12.6. The minimum Gasteiger partial charge on any atom is -0.394 e. The molecule has 1 unspecified atom stereocenters. The zero-order chi connectivity index (χ0) is 44.3. The van der Waals surface area contributed by atoms with Crippen molar-refractivity contribution in [2.24, 2.45) is 0 Å². The zero-order valence-electron chi connectivity index (χ0n) is 30.7. The van der Waals surface area contributed by atoms with Crippen molar-refractivity contribution in [1.82, 2.24) is 10.6 Å². The van der Waals surface area contributed by atoms with Gasteiger partial charge in [-0.05, 0) is 0 Å². The average Bonchev–Trinajstić information content (AvgIpc) is 3.13. The molecule has 4 fully saturated rings. The summed E-state index contributed by atoms with van der Waals surface area (Å²) in [7, 11) is -10.3. The van der Waals surface area contributed by atoms with E-state index < -0.39 is 182 Å². The molecular formula is C28H48N2O27S2. The summed E-state index contributed by atoms with van der Waals surface area (Å²) in [6.07, 6.45) is -35.9. The summed E-state index contributed by atoms with van der Waals surface area (Å²) >= 11 is 0. The fourth-order valence-corrected chi connectivity index (χ4v) is 7.24. The Hall–Kier alpha value is -2.00. The number of amides is 2. The summed E-state index contributed by atoms with van der Waals surface area (Å²) in [5.41, 5.74) is 0. The van der Waals surface area contributed by atoms with Gasteiger partial charge in [-0.2, -0.15) is 16.8 Å². The Bertz CT molecular complexity index is 1630. The van der Waals surface area contributed by atoms with Crippen LogP contribution in [0.15, 0.2) is 0 Å². The fraction of sp³-hybridized carbons (Fsp3) is 0.929. The number of rotatable bonds is 16. The third-order valence-electron chi connectivity index (χ3n) is 9.41. The van der Waals surface area contributed by atoms with E-state index in [0.717, 1.165) is 13.8 Å². The minimum absolute atomic E-state index is 0.788. The first-order chi connectivity index (χ1) is 27.4. The Morgan fingerprint density at radius 2 is 0.949 bits per heavy atom. The van der Waals surface area contributed by atoms with E-state index in [4.69, 9.17) is 37.7 Å². The van der Waals surface area contributed by atoms with Gasteiger partial charge >= 0.3 is 20.8 Å². The van der Waals surface area contributed by atoms with Crippen molar-refractivity contribution >= 4 is 32.6 Å². The topological polar surface area (TPSA) is 452 Å². The molecule has 0 aromatic carbocycles. The lowest BCUT2D eigenvalue weighted by Crippen LogP contribution is -2.70. The first-order valence-electron chi connectivity index (χ1n) is 17.4. The number of hydrogen-bond donors (Lipinski definition) is 14. The molecule has 0 radical (unpaired) electrons. The van der Waals surface area contributed by atoms with Crippen LogP contribution in [0.5, 0.6) is 0 Å². The summed E-state index contributed by atoms with van der Waals surface area (Å²) in [6.45, 7) is -2.38. The highest BCUT2D eigenvalue weighted by atomic mass is 32.3. The predicted octanol–water partition coefficient (Wildman–Crippen LogP) is -9.81. The van der Waals surface area contributed by atoms with Gasteiger partial charge in [-0.25, -0.2) is 8.37 Å². The molecule has 4 saturated heterocycles. The lowest BCUT2D eigenvalue weighted by molar-refractivity contribution is -0.375. The summed E-state index contributed by atoms with van der Waals surface area (Å²) in [6, 6.07) is -3.48. The number of carbonyl (C=O) groups excluding carboxylic acids is 2. The second kappa shape index (κ2) is 20.5. The number of aliphatic hydroxyl groups excluding tert-OH is 10. The molecule has 0 aromatic rings. The van der Waals surface area contributed by atoms with Gasteiger partial charge in [0.25, 0.3) is 0 Å². The minimum atomic E-state index is -5.23. The molecule has 29 nitrogen and oxygen atoms in total. The maximum Gasteiger partial charge on any atom is 0.397 e. The van der Waals surface area contributed by atoms with Crippen LogP contribution in [-0.2, 0) is 71.9 Å². The van der Waals surface area contributed by atoms with Crippen LogP contribution >= 0.6 is 0 Å². The summed E-state index contributed by atoms with van der Waals surface area (Å²) < 4.78 is 110. The molecule has 14 N–H and O–H groups in total. The molecule has 0 saturated carbocycles. The largest absolute Gasteiger partial charge is 0.397 e. The van der Waals surface area contributed by atoms with E-state index in [0.29, 0.717) is 0 Å². The molecule has 4 aliphatic heterocycles. The van der Waals surface area contributed by atoms with E-state index in [1.54, 1.807) is 0 Å². The normalized spacial score (nSPS) is 43.5. The van der Waals surface area contributed by atoms with Gasteiger partial charge in [0.1, 0.15) is 97.5 Å². The smallest absolute Gasteiger partial charge is 0.394 e. The number of aliphatic hydroxyl groups is 10. The van der Waals surface area contributed by atoms with Crippen molar-refractivity contribution < 1.29 is 128 Å². The van der Waals surface area contributed by atoms with Crippen LogP contribution < -0.4 is 10.6 Å². The van der Waals surface area contributed by atoms with Crippen molar-refractivity contribution in [2.75, 3.05) is 26.4 Å². The molecule has 344 valence electrons. The lowest BCUT2D eigenvalue weighted by atomic mass is 9.94. The van der Waals surface area contributed by atoms with Gasteiger partial charge in [-0.3, -0.25) is 18.7 Å². The maximum atomic E-state index is 12.3. The number of carbonyl (C=O) groups is 2. The van der Waals surface area contributed by atoms with E-state index in [1.807, 2.05) is 0 Å². The second-order valence-electron chi connectivity index (χ2n) is 13.7. The van der Waals surface area contributed by atoms with Crippen LogP contribution in [0.1, 0.15) is 13.8 Å². The van der Waals surface area contributed by atoms with Crippen molar-refractivity contribution in [3.05, 3.63) is 0 Å². The second-order valence-corrected chi connectivity index (χ2v) is 15.9. The number of nitrogens with one attached hydrogen (secondary N) is 2. The summed E-state index contributed by atoms with van der Waals surface area (Å²) in [5, 5.41) is 111. The highest BCUT2D eigenvalue weighted by Gasteiger charge is 2.56. The van der Waals surface area contributed by atoms with Gasteiger partial charge in [0.15, 0.2) is 25.2 Å². The first kappa shape index (κ1) is 49.7. The van der Waals surface area contributed by atoms with Crippen LogP contribution in [-0.4, -0.2) is 238 Å². The highest BCUT2D eigenvalue weighted by Crippen LogP contribution is 2.34. The van der Waals surface area contributed by atoms with E-state index in [1.165, 1.54) is 0 Å². The van der Waals surface area contributed by atoms with E-state index >= 15 is 0 Å². The molecule has 4 rings (SSSR count). The Morgan fingerprint density at radius 1 is 0.508 bits per heavy atom. The van der Waals surface area contributed by atoms with Crippen LogP contribution in [0.2, 0.25) is 0 Å². The molecule has 2 amide bonds. The van der Waals surface area contributed by atoms with Gasteiger partial charge < -0.3 is 94.9 Å². The first-order valence-corrected chi connectivity index (χ1v) is 20.1. The lowest BCUT2D eigenvalue weighted by Gasteiger charge is -2.50. The van der Waals surface area contributed by atoms with Crippen LogP contribution in [0, 0.1) is 0 Å². The van der Waals surface area contributed by atoms with Crippen LogP contribution in [0.25, 0.3) is 0 Å². The highest BCUT2D eigenvalue weighted by molar-refractivity contribution is 7.81. The van der Waals surface area contributed by atoms with Crippen LogP contribution in [0.3, 0.4) is 0 Å².